The van der Waals surface area contributed by atoms with Gasteiger partial charge in [0.1, 0.15) is 0 Å². The van der Waals surface area contributed by atoms with E-state index in [1.807, 2.05) is 147 Å². The Morgan fingerprint density at radius 1 is 0.271 bits per heavy atom. The fourth-order valence-electron chi connectivity index (χ4n) is 15.1. The minimum absolute atomic E-state index is 0.0615. The molecular weight excluding hydrogens is 1210 g/mol. The molecule has 4 heterocycles. The Morgan fingerprint density at radius 3 is 0.865 bits per heavy atom. The lowest BCUT2D eigenvalue weighted by molar-refractivity contribution is -0.137. The highest BCUT2D eigenvalue weighted by atomic mass is 19.4. The lowest BCUT2D eigenvalue weighted by atomic mass is 9.94. The van der Waals surface area contributed by atoms with Gasteiger partial charge in [-0.1, -0.05) is 145 Å². The minimum atomic E-state index is -4.60. The van der Waals surface area contributed by atoms with Crippen LogP contribution >= 0.6 is 0 Å². The Morgan fingerprint density at radius 2 is 0.542 bits per heavy atom. The zero-order valence-electron chi connectivity index (χ0n) is 53.7. The van der Waals surface area contributed by atoms with Gasteiger partial charge in [-0.25, -0.2) is 9.69 Å². The number of benzene rings is 12. The van der Waals surface area contributed by atoms with Gasteiger partial charge in [0.2, 0.25) is 11.4 Å². The van der Waals surface area contributed by atoms with Crippen LogP contribution in [0.25, 0.3) is 142 Å². The van der Waals surface area contributed by atoms with Crippen molar-refractivity contribution < 1.29 is 26.3 Å². The summed E-state index contributed by atoms with van der Waals surface area (Å²) in [5, 5.41) is 8.32. The number of hydrogen-bond acceptors (Lipinski definition) is 0. The van der Waals surface area contributed by atoms with Crippen LogP contribution in [-0.4, -0.2) is 18.3 Å². The van der Waals surface area contributed by atoms with E-state index in [0.29, 0.717) is 56.4 Å². The summed E-state index contributed by atoms with van der Waals surface area (Å²) in [6.45, 7) is 32.6. The van der Waals surface area contributed by atoms with E-state index in [-0.39, 0.29) is 11.1 Å². The van der Waals surface area contributed by atoms with E-state index in [4.69, 9.17) is 13.1 Å². The van der Waals surface area contributed by atoms with Gasteiger partial charge in [0.25, 0.3) is 0 Å². The van der Waals surface area contributed by atoms with E-state index in [9.17, 15) is 26.3 Å². The van der Waals surface area contributed by atoms with Gasteiger partial charge >= 0.3 is 12.4 Å². The van der Waals surface area contributed by atoms with Crippen LogP contribution in [-0.2, 0) is 12.4 Å². The van der Waals surface area contributed by atoms with Gasteiger partial charge in [-0.3, -0.25) is 0 Å². The summed E-state index contributed by atoms with van der Waals surface area (Å²) in [4.78, 5) is 8.09. The van der Waals surface area contributed by atoms with E-state index >= 15 is 0 Å². The Kier molecular flexibility index (Phi) is 14.3. The van der Waals surface area contributed by atoms with E-state index in [1.54, 1.807) is 62.4 Å². The number of aromatic nitrogens is 4. The summed E-state index contributed by atoms with van der Waals surface area (Å²) in [7, 11) is 0. The topological polar surface area (TPSA) is 28.4 Å². The molecular formula is C84H60F6N6. The van der Waals surface area contributed by atoms with Crippen LogP contribution in [0, 0.1) is 68.5 Å². The summed E-state index contributed by atoms with van der Waals surface area (Å²) in [6.07, 6.45) is -9.20. The van der Waals surface area contributed by atoms with Gasteiger partial charge in [0.15, 0.2) is 0 Å². The molecule has 0 aliphatic carbocycles. The maximum atomic E-state index is 15.0. The molecule has 12 heteroatoms. The third kappa shape index (κ3) is 9.45. The number of hydrogen-bond donors (Lipinski definition) is 0. The number of nitrogens with zero attached hydrogens (tertiary/aromatic N) is 6. The molecule has 0 fully saturated rings. The average molecular weight is 1270 g/mol. The van der Waals surface area contributed by atoms with Gasteiger partial charge in [0, 0.05) is 65.6 Å². The first-order chi connectivity index (χ1) is 46.2. The molecule has 12 aromatic carbocycles. The zero-order valence-corrected chi connectivity index (χ0v) is 53.7. The number of aryl methyl sites for hydroxylation is 8. The lowest BCUT2D eigenvalue weighted by Crippen LogP contribution is -2.09. The molecule has 0 aliphatic rings. The van der Waals surface area contributed by atoms with Gasteiger partial charge in [0.05, 0.1) is 79.8 Å². The molecule has 16 rings (SSSR count). The third-order valence-corrected chi connectivity index (χ3v) is 19.2. The van der Waals surface area contributed by atoms with Crippen molar-refractivity contribution in [2.75, 3.05) is 0 Å². The maximum absolute atomic E-state index is 15.0. The second-order valence-corrected chi connectivity index (χ2v) is 25.2. The van der Waals surface area contributed by atoms with Crippen LogP contribution in [0.1, 0.15) is 55.6 Å². The van der Waals surface area contributed by atoms with Crippen molar-refractivity contribution in [3.63, 3.8) is 0 Å². The van der Waals surface area contributed by atoms with Crippen LogP contribution in [0.2, 0.25) is 0 Å². The van der Waals surface area contributed by atoms with Crippen LogP contribution in [0.15, 0.2) is 218 Å². The largest absolute Gasteiger partial charge is 0.417 e. The maximum Gasteiger partial charge on any atom is 0.417 e. The molecule has 0 amide bonds. The molecule has 4 aromatic heterocycles. The Hall–Kier alpha value is -11.6. The quantitative estimate of drug-likeness (QED) is 0.117. The summed E-state index contributed by atoms with van der Waals surface area (Å²) < 4.78 is 97.6. The van der Waals surface area contributed by atoms with Crippen LogP contribution in [0.4, 0.5) is 37.7 Å². The molecule has 0 unspecified atom stereocenters. The number of halogens is 6. The number of para-hydroxylation sites is 2. The van der Waals surface area contributed by atoms with Crippen molar-refractivity contribution in [2.45, 2.75) is 67.7 Å². The van der Waals surface area contributed by atoms with Crippen molar-refractivity contribution in [1.82, 2.24) is 18.3 Å². The molecule has 16 aromatic rings. The standard InChI is InChI=1S/C43H32F3N3.C41H28F3N3/c1-24-19-20-29(31(21-24)43(44,45)46)30-22-38(49-35-17-9-13-27(4)41(35)42-28(5)14-10-18-36(42)49)32(47-6)23-37(30)48-33-15-7-11-25(2)39(33)40-26(3)12-8-16-34(40)48;1-24-19-20-27(31(21-24)41(42,43)44)30-22-38(47-34-16-8-6-14-29(34)40-26(3)12-10-18-36(40)47)32(45-4)23-37(30)46-33-15-7-5-13-28(33)39-25(2)11-9-17-35(39)46/h7-23H,1-5H3;5-23H,1-3H3. The first kappa shape index (κ1) is 60.6. The predicted molar refractivity (Wildman–Crippen MR) is 382 cm³/mol. The molecule has 468 valence electrons. The molecule has 96 heavy (non-hydrogen) atoms. The molecule has 0 radical (unpaired) electrons. The average Bonchev–Trinajstić information content (AvgIpc) is 1.52. The van der Waals surface area contributed by atoms with Gasteiger partial charge in [-0.05, 0) is 185 Å². The molecule has 0 bridgehead atoms. The van der Waals surface area contributed by atoms with Crippen molar-refractivity contribution in [1.29, 1.82) is 0 Å². The second kappa shape index (κ2) is 22.6. The smallest absolute Gasteiger partial charge is 0.319 e. The monoisotopic (exact) mass is 1270 g/mol. The Labute approximate surface area is 550 Å². The zero-order chi connectivity index (χ0) is 67.0. The van der Waals surface area contributed by atoms with Crippen molar-refractivity contribution >= 4 is 98.6 Å². The molecule has 0 aliphatic heterocycles. The normalized spacial score (nSPS) is 12.0. The number of fused-ring (bicyclic) bond motifs is 12. The Balaban J connectivity index is 0.000000158. The van der Waals surface area contributed by atoms with E-state index in [1.165, 1.54) is 12.1 Å². The fourth-order valence-corrected chi connectivity index (χ4v) is 15.1. The molecule has 0 saturated carbocycles. The molecule has 0 N–H and O–H groups in total. The first-order valence-corrected chi connectivity index (χ1v) is 31.6. The summed E-state index contributed by atoms with van der Waals surface area (Å²) in [5.41, 5.74) is 16.8. The second-order valence-electron chi connectivity index (χ2n) is 25.2. The Bertz CT molecular complexity index is 5950. The summed E-state index contributed by atoms with van der Waals surface area (Å²) in [6, 6.07) is 68.3. The van der Waals surface area contributed by atoms with Crippen LogP contribution < -0.4 is 0 Å². The van der Waals surface area contributed by atoms with Crippen molar-refractivity contribution in [2.24, 2.45) is 0 Å². The SMILES string of the molecule is [C-]#[N+]c1cc(-n2c3cccc(C)c3c3c(C)cccc32)c(-c2ccc(C)cc2C(F)(F)F)cc1-n1c2cccc(C)c2c2c(C)cccc21.[C-]#[N+]c1cc(-n2c3ccccc3c3c(C)cccc32)c(-c2ccc(C)cc2C(F)(F)F)cc1-n1c2ccccc2c2c(C)cccc21. The van der Waals surface area contributed by atoms with Crippen molar-refractivity contribution in [3.05, 3.63) is 297 Å². The van der Waals surface area contributed by atoms with E-state index < -0.39 is 23.5 Å². The summed E-state index contributed by atoms with van der Waals surface area (Å²) in [5.74, 6) is 0. The van der Waals surface area contributed by atoms with E-state index in [2.05, 4.69) is 80.7 Å². The number of rotatable bonds is 6. The van der Waals surface area contributed by atoms with Gasteiger partial charge < -0.3 is 18.3 Å². The highest BCUT2D eigenvalue weighted by molar-refractivity contribution is 6.16. The molecule has 0 saturated heterocycles. The predicted octanol–water partition coefficient (Wildman–Crippen LogP) is 24.7. The molecule has 0 spiro atoms. The van der Waals surface area contributed by atoms with Crippen LogP contribution in [0.3, 0.4) is 0 Å². The number of alkyl halides is 6. The highest BCUT2D eigenvalue weighted by Crippen LogP contribution is 2.50. The van der Waals surface area contributed by atoms with Crippen molar-refractivity contribution in [3.8, 4) is 45.0 Å². The lowest BCUT2D eigenvalue weighted by Gasteiger charge is -2.21. The van der Waals surface area contributed by atoms with Crippen LogP contribution in [0.5, 0.6) is 0 Å². The fraction of sp³-hybridized carbons (Fsp3) is 0.119. The van der Waals surface area contributed by atoms with E-state index in [0.717, 1.165) is 121 Å². The third-order valence-electron chi connectivity index (χ3n) is 19.2. The van der Waals surface area contributed by atoms with Gasteiger partial charge in [-0.2, -0.15) is 26.3 Å². The molecule has 6 nitrogen and oxygen atoms in total. The highest BCUT2D eigenvalue weighted by Gasteiger charge is 2.37. The van der Waals surface area contributed by atoms with Gasteiger partial charge in [-0.15, -0.1) is 0 Å². The molecule has 0 atom stereocenters. The summed E-state index contributed by atoms with van der Waals surface area (Å²) >= 11 is 0. The minimum Gasteiger partial charge on any atom is -0.319 e. The first-order valence-electron chi connectivity index (χ1n) is 31.6.